The van der Waals surface area contributed by atoms with Crippen LogP contribution in [0.25, 0.3) is 0 Å². The summed E-state index contributed by atoms with van der Waals surface area (Å²) in [7, 11) is 5.24. The number of ether oxygens (including phenoxy) is 2. The summed E-state index contributed by atoms with van der Waals surface area (Å²) in [5.74, 6) is 1.57. The molecule has 1 rings (SSSR count). The van der Waals surface area contributed by atoms with E-state index in [9.17, 15) is 0 Å². The minimum atomic E-state index is 0.778. The van der Waals surface area contributed by atoms with Crippen LogP contribution >= 0.6 is 0 Å². The fourth-order valence-corrected chi connectivity index (χ4v) is 1.31. The molecule has 0 fully saturated rings. The van der Waals surface area contributed by atoms with Crippen LogP contribution in [0.2, 0.25) is 0 Å². The van der Waals surface area contributed by atoms with Crippen molar-refractivity contribution in [2.45, 2.75) is 20.3 Å². The summed E-state index contributed by atoms with van der Waals surface area (Å²) in [5, 5.41) is 3.11. The molecule has 0 saturated carbocycles. The molecular formula is C13H23NO2. The van der Waals surface area contributed by atoms with Gasteiger partial charge in [-0.15, -0.1) is 0 Å². The predicted octanol–water partition coefficient (Wildman–Crippen LogP) is 2.49. The summed E-state index contributed by atoms with van der Waals surface area (Å²) in [6.07, 6.45) is 0.997. The van der Waals surface area contributed by atoms with Gasteiger partial charge in [-0.25, -0.2) is 0 Å². The van der Waals surface area contributed by atoms with Gasteiger partial charge < -0.3 is 14.8 Å². The third-order valence-electron chi connectivity index (χ3n) is 2.11. The van der Waals surface area contributed by atoms with Gasteiger partial charge in [0.2, 0.25) is 0 Å². The van der Waals surface area contributed by atoms with E-state index in [2.05, 4.69) is 11.4 Å². The molecule has 1 aromatic rings. The van der Waals surface area contributed by atoms with Gasteiger partial charge in [0.05, 0.1) is 14.2 Å². The van der Waals surface area contributed by atoms with Crippen molar-refractivity contribution in [3.05, 3.63) is 23.8 Å². The number of methoxy groups -OCH3 is 2. The van der Waals surface area contributed by atoms with Crippen LogP contribution in [0.15, 0.2) is 18.2 Å². The topological polar surface area (TPSA) is 30.5 Å². The zero-order chi connectivity index (χ0) is 12.4. The van der Waals surface area contributed by atoms with E-state index in [-0.39, 0.29) is 0 Å². The Labute approximate surface area is 98.8 Å². The van der Waals surface area contributed by atoms with Crippen LogP contribution in [0, 0.1) is 0 Å². The molecule has 0 aliphatic heterocycles. The van der Waals surface area contributed by atoms with E-state index >= 15 is 0 Å². The fraction of sp³-hybridized carbons (Fsp3) is 0.538. The normalized spacial score (nSPS) is 9.06. The molecule has 0 unspecified atom stereocenters. The van der Waals surface area contributed by atoms with Gasteiger partial charge in [-0.05, 0) is 37.7 Å². The lowest BCUT2D eigenvalue weighted by molar-refractivity contribution is 0.354. The van der Waals surface area contributed by atoms with E-state index < -0.39 is 0 Å². The Kier molecular flexibility index (Phi) is 8.35. The lowest BCUT2D eigenvalue weighted by atomic mass is 10.1. The van der Waals surface area contributed by atoms with Gasteiger partial charge in [0.15, 0.2) is 11.5 Å². The number of nitrogens with one attached hydrogen (secondary N) is 1. The van der Waals surface area contributed by atoms with E-state index in [1.165, 1.54) is 5.56 Å². The van der Waals surface area contributed by atoms with Gasteiger partial charge in [0.1, 0.15) is 0 Å². The maximum absolute atomic E-state index is 5.21. The van der Waals surface area contributed by atoms with Crippen LogP contribution in [-0.4, -0.2) is 27.8 Å². The Hall–Kier alpha value is -1.22. The third kappa shape index (κ3) is 4.53. The third-order valence-corrected chi connectivity index (χ3v) is 2.11. The van der Waals surface area contributed by atoms with E-state index in [1.807, 2.05) is 33.0 Å². The van der Waals surface area contributed by atoms with Crippen LogP contribution in [0.3, 0.4) is 0 Å². The monoisotopic (exact) mass is 225 g/mol. The molecule has 92 valence electrons. The summed E-state index contributed by atoms with van der Waals surface area (Å²) in [6.45, 7) is 4.97. The van der Waals surface area contributed by atoms with E-state index in [1.54, 1.807) is 14.2 Å². The van der Waals surface area contributed by atoms with E-state index in [4.69, 9.17) is 9.47 Å². The highest BCUT2D eigenvalue weighted by Crippen LogP contribution is 2.27. The van der Waals surface area contributed by atoms with Crippen molar-refractivity contribution in [3.8, 4) is 11.5 Å². The molecule has 0 heterocycles. The molecule has 3 nitrogen and oxygen atoms in total. The van der Waals surface area contributed by atoms with Crippen molar-refractivity contribution >= 4 is 0 Å². The zero-order valence-electron chi connectivity index (χ0n) is 11.0. The van der Waals surface area contributed by atoms with Crippen LogP contribution in [-0.2, 0) is 6.42 Å². The molecule has 16 heavy (non-hydrogen) atoms. The van der Waals surface area contributed by atoms with Gasteiger partial charge in [0, 0.05) is 0 Å². The number of likely N-dealkylation sites (N-methyl/N-ethyl adjacent to an activating group) is 1. The van der Waals surface area contributed by atoms with E-state index in [0.29, 0.717) is 0 Å². The first kappa shape index (κ1) is 14.8. The first-order chi connectivity index (χ1) is 7.81. The second-order valence-electron chi connectivity index (χ2n) is 3.04. The molecule has 1 N–H and O–H groups in total. The van der Waals surface area contributed by atoms with Gasteiger partial charge in [0.25, 0.3) is 0 Å². The summed E-state index contributed by atoms with van der Waals surface area (Å²) >= 11 is 0. The predicted molar refractivity (Wildman–Crippen MR) is 68.5 cm³/mol. The highest BCUT2D eigenvalue weighted by Gasteiger charge is 2.03. The van der Waals surface area contributed by atoms with Crippen molar-refractivity contribution in [2.24, 2.45) is 0 Å². The smallest absolute Gasteiger partial charge is 0.160 e. The zero-order valence-corrected chi connectivity index (χ0v) is 11.0. The molecular weight excluding hydrogens is 202 g/mol. The van der Waals surface area contributed by atoms with Crippen molar-refractivity contribution < 1.29 is 9.47 Å². The summed E-state index contributed by atoms with van der Waals surface area (Å²) in [5.41, 5.74) is 1.25. The van der Waals surface area contributed by atoms with Crippen LogP contribution in [0.1, 0.15) is 19.4 Å². The Bertz CT molecular complexity index is 287. The van der Waals surface area contributed by atoms with Crippen molar-refractivity contribution in [1.82, 2.24) is 5.32 Å². The molecule has 0 aromatic heterocycles. The first-order valence-electron chi connectivity index (χ1n) is 5.67. The number of benzene rings is 1. The SMILES string of the molecule is CC.CNCCc1ccc(OC)c(OC)c1. The molecule has 0 saturated heterocycles. The quantitative estimate of drug-likeness (QED) is 0.835. The molecule has 1 aromatic carbocycles. The maximum atomic E-state index is 5.21. The molecule has 0 atom stereocenters. The van der Waals surface area contributed by atoms with Crippen LogP contribution < -0.4 is 14.8 Å². The highest BCUT2D eigenvalue weighted by atomic mass is 16.5. The summed E-state index contributed by atoms with van der Waals surface area (Å²) in [4.78, 5) is 0. The summed E-state index contributed by atoms with van der Waals surface area (Å²) in [6, 6.07) is 6.00. The van der Waals surface area contributed by atoms with Gasteiger partial charge >= 0.3 is 0 Å². The number of rotatable bonds is 5. The molecule has 0 spiro atoms. The van der Waals surface area contributed by atoms with Gasteiger partial charge in [-0.1, -0.05) is 19.9 Å². The minimum absolute atomic E-state index is 0.778. The van der Waals surface area contributed by atoms with Crippen molar-refractivity contribution in [3.63, 3.8) is 0 Å². The van der Waals surface area contributed by atoms with Crippen molar-refractivity contribution in [1.29, 1.82) is 0 Å². The molecule has 0 amide bonds. The Morgan fingerprint density at radius 1 is 1.06 bits per heavy atom. The minimum Gasteiger partial charge on any atom is -0.493 e. The molecule has 3 heteroatoms. The largest absolute Gasteiger partial charge is 0.493 e. The maximum Gasteiger partial charge on any atom is 0.160 e. The lowest BCUT2D eigenvalue weighted by Crippen LogP contribution is -2.10. The molecule has 0 radical (unpaired) electrons. The Morgan fingerprint density at radius 3 is 2.19 bits per heavy atom. The Balaban J connectivity index is 0.00000106. The highest BCUT2D eigenvalue weighted by molar-refractivity contribution is 5.42. The molecule has 0 aliphatic rings. The van der Waals surface area contributed by atoms with Crippen LogP contribution in [0.4, 0.5) is 0 Å². The van der Waals surface area contributed by atoms with Crippen LogP contribution in [0.5, 0.6) is 11.5 Å². The number of hydrogen-bond acceptors (Lipinski definition) is 3. The number of hydrogen-bond donors (Lipinski definition) is 1. The van der Waals surface area contributed by atoms with Crippen molar-refractivity contribution in [2.75, 3.05) is 27.8 Å². The molecule has 0 bridgehead atoms. The Morgan fingerprint density at radius 2 is 1.69 bits per heavy atom. The standard InChI is InChI=1S/C11H17NO2.C2H6/c1-12-7-6-9-4-5-10(13-2)11(8-9)14-3;1-2/h4-5,8,12H,6-7H2,1-3H3;1-2H3. The summed E-state index contributed by atoms with van der Waals surface area (Å²) < 4.78 is 10.4. The lowest BCUT2D eigenvalue weighted by Gasteiger charge is -2.09. The average Bonchev–Trinajstić information content (AvgIpc) is 2.38. The molecule has 0 aliphatic carbocycles. The first-order valence-corrected chi connectivity index (χ1v) is 5.67. The fourth-order valence-electron chi connectivity index (χ4n) is 1.31. The van der Waals surface area contributed by atoms with Gasteiger partial charge in [-0.2, -0.15) is 0 Å². The average molecular weight is 225 g/mol. The second-order valence-corrected chi connectivity index (χ2v) is 3.04. The second kappa shape index (κ2) is 9.04. The van der Waals surface area contributed by atoms with Gasteiger partial charge in [-0.3, -0.25) is 0 Å². The van der Waals surface area contributed by atoms with E-state index in [0.717, 1.165) is 24.5 Å².